The number of thioether (sulfide) groups is 3. The van der Waals surface area contributed by atoms with Crippen LogP contribution >= 0.6 is 35.3 Å². The van der Waals surface area contributed by atoms with E-state index in [9.17, 15) is 46.3 Å². The topological polar surface area (TPSA) is 235 Å². The highest BCUT2D eigenvalue weighted by molar-refractivity contribution is 8.01. The van der Waals surface area contributed by atoms with E-state index in [-0.39, 0.29) is 15.9 Å². The molecule has 6 unspecified atom stereocenters. The van der Waals surface area contributed by atoms with Crippen LogP contribution in [0.4, 0.5) is 0 Å². The largest absolute Gasteiger partial charge is 0.260 e. The molecule has 71 heavy (non-hydrogen) atoms. The van der Waals surface area contributed by atoms with Crippen molar-refractivity contribution >= 4 is 117 Å². The Labute approximate surface area is 455 Å². The van der Waals surface area contributed by atoms with Crippen LogP contribution in [0.5, 0.6) is 0 Å². The normalized spacial score (nSPS) is 37.4. The maximum atomic E-state index is 10.6. The van der Waals surface area contributed by atoms with Crippen LogP contribution in [0.15, 0.2) is 0 Å². The molecule has 11 aliphatic rings. The molecular formula is C47H96N2O11S11. The molecule has 11 rings (SSSR count). The number of hydrogen-bond donors (Lipinski definition) is 2. The van der Waals surface area contributed by atoms with Crippen molar-refractivity contribution in [3.63, 3.8) is 0 Å². The predicted molar refractivity (Wildman–Crippen MR) is 318 cm³/mol. The first-order chi connectivity index (χ1) is 32.1. The Morgan fingerprint density at radius 1 is 0.521 bits per heavy atom. The van der Waals surface area contributed by atoms with Gasteiger partial charge in [-0.3, -0.25) is 22.2 Å². The van der Waals surface area contributed by atoms with E-state index < -0.39 is 81.4 Å². The van der Waals surface area contributed by atoms with Crippen molar-refractivity contribution in [2.45, 2.75) is 144 Å². The fraction of sp³-hybridized carbons (Fsp3) is 1.00. The smallest absolute Gasteiger partial charge is 0.152 e. The Morgan fingerprint density at radius 3 is 0.915 bits per heavy atom. The molecule has 0 spiro atoms. The zero-order valence-corrected chi connectivity index (χ0v) is 54.6. The van der Waals surface area contributed by atoms with Gasteiger partial charge < -0.3 is 0 Å². The number of rotatable bonds is 0. The van der Waals surface area contributed by atoms with E-state index in [1.807, 2.05) is 65.1 Å². The van der Waals surface area contributed by atoms with Gasteiger partial charge >= 0.3 is 0 Å². The first-order valence-corrected chi connectivity index (χ1v) is 41.8. The van der Waals surface area contributed by atoms with Crippen molar-refractivity contribution in [1.82, 2.24) is 0 Å². The van der Waals surface area contributed by atoms with E-state index in [0.29, 0.717) is 73.9 Å². The molecule has 426 valence electrons. The van der Waals surface area contributed by atoms with Crippen LogP contribution in [0.3, 0.4) is 0 Å². The molecule has 0 aromatic rings. The number of nitrogens with one attached hydrogen (secondary N) is 2. The molecule has 0 radical (unpaired) electrons. The summed E-state index contributed by atoms with van der Waals surface area (Å²) in [6.45, 7) is 29.2. The highest BCUT2D eigenvalue weighted by Crippen LogP contribution is 2.36. The number of hydrogen-bond acceptors (Lipinski definition) is 16. The fourth-order valence-corrected chi connectivity index (χ4v) is 21.1. The zero-order valence-electron chi connectivity index (χ0n) is 45.7. The van der Waals surface area contributed by atoms with Crippen LogP contribution in [0.25, 0.3) is 0 Å². The molecule has 6 atom stereocenters. The molecule has 0 aromatic heterocycles. The summed E-state index contributed by atoms with van der Waals surface area (Å²) in [5.74, 6) is 18.2. The Bertz CT molecular complexity index is 2120. The van der Waals surface area contributed by atoms with E-state index in [2.05, 4.69) is 60.2 Å². The van der Waals surface area contributed by atoms with Gasteiger partial charge in [-0.05, 0) is 108 Å². The van der Waals surface area contributed by atoms with Crippen molar-refractivity contribution in [3.05, 3.63) is 0 Å². The van der Waals surface area contributed by atoms with Gasteiger partial charge in [-0.15, -0.1) is 0 Å². The molecule has 0 saturated carbocycles. The lowest BCUT2D eigenvalue weighted by Gasteiger charge is -2.33. The lowest BCUT2D eigenvalue weighted by molar-refractivity contribution is 0.411. The van der Waals surface area contributed by atoms with Gasteiger partial charge in [0.25, 0.3) is 0 Å². The van der Waals surface area contributed by atoms with Crippen molar-refractivity contribution in [2.24, 2.45) is 39.9 Å². The first-order valence-electron chi connectivity index (χ1n) is 25.0. The number of sulfone groups is 3. The molecule has 0 bridgehead atoms. The van der Waals surface area contributed by atoms with Gasteiger partial charge in [0, 0.05) is 114 Å². The second-order valence-electron chi connectivity index (χ2n) is 23.8. The van der Waals surface area contributed by atoms with Crippen molar-refractivity contribution in [3.8, 4) is 0 Å². The molecule has 0 aromatic carbocycles. The third-order valence-corrected chi connectivity index (χ3v) is 34.4. The van der Waals surface area contributed by atoms with E-state index in [4.69, 9.17) is 9.56 Å². The van der Waals surface area contributed by atoms with Crippen molar-refractivity contribution < 1.29 is 46.3 Å². The van der Waals surface area contributed by atoms with Crippen LogP contribution in [0.2, 0.25) is 0 Å². The third-order valence-electron chi connectivity index (χ3n) is 12.2. The Morgan fingerprint density at radius 2 is 0.915 bits per heavy atom. The average molecular weight is 1220 g/mol. The summed E-state index contributed by atoms with van der Waals surface area (Å²) in [7, 11) is -13.1. The summed E-state index contributed by atoms with van der Waals surface area (Å²) in [5.41, 5.74) is 1.15. The van der Waals surface area contributed by atoms with E-state index >= 15 is 0 Å². The second kappa shape index (κ2) is 30.6. The summed E-state index contributed by atoms with van der Waals surface area (Å²) in [5, 5.41) is 1.61. The van der Waals surface area contributed by atoms with E-state index in [0.717, 1.165) is 58.7 Å². The monoisotopic (exact) mass is 1220 g/mol. The van der Waals surface area contributed by atoms with Crippen LogP contribution in [0.1, 0.15) is 123 Å². The lowest BCUT2D eigenvalue weighted by Crippen LogP contribution is -2.43. The Kier molecular flexibility index (Phi) is 30.3. The highest BCUT2D eigenvalue weighted by atomic mass is 32.2. The molecule has 11 aliphatic heterocycles. The minimum atomic E-state index is -2.59. The first kappa shape index (κ1) is 70.3. The second-order valence-corrected chi connectivity index (χ2v) is 44.1. The highest BCUT2D eigenvalue weighted by Gasteiger charge is 2.40. The summed E-state index contributed by atoms with van der Waals surface area (Å²) in [4.78, 5) is 0. The third kappa shape index (κ3) is 31.4. The van der Waals surface area contributed by atoms with Crippen molar-refractivity contribution in [2.75, 3.05) is 104 Å². The van der Waals surface area contributed by atoms with E-state index in [1.54, 1.807) is 6.92 Å². The molecule has 0 aliphatic carbocycles. The van der Waals surface area contributed by atoms with Crippen LogP contribution < -0.4 is 0 Å². The SMILES string of the molecule is CC1(C)CS(=O)(=O)C1.CC1(C)CS(=O)C1.CC1(C)CSC1.CC1CCS1.CC1CCS1(=N)=O.CC1CCS1(=O)=O.CC1CCS1=O.CC1CS(=N)(=O)C1.CC1CS(=O)(=O)C1.CC1CS(=O)C1.CC1CSC1. The summed E-state index contributed by atoms with van der Waals surface area (Å²) >= 11 is 6.15. The van der Waals surface area contributed by atoms with Gasteiger partial charge in [0.2, 0.25) is 0 Å². The molecule has 11 saturated heterocycles. The van der Waals surface area contributed by atoms with Gasteiger partial charge in [-0.2, -0.15) is 35.3 Å². The minimum absolute atomic E-state index is 0.0486. The predicted octanol–water partition coefficient (Wildman–Crippen LogP) is 8.52. The molecule has 0 amide bonds. The molecular weight excluding hydrogens is 1120 g/mol. The van der Waals surface area contributed by atoms with Gasteiger partial charge in [0.1, 0.15) is 0 Å². The molecule has 11 heterocycles. The quantitative estimate of drug-likeness (QED) is 0.231. The maximum absolute atomic E-state index is 10.6. The Balaban J connectivity index is 0.000000391. The summed E-state index contributed by atoms with van der Waals surface area (Å²) < 4.78 is 129. The molecule has 13 nitrogen and oxygen atoms in total. The minimum Gasteiger partial charge on any atom is -0.260 e. The van der Waals surface area contributed by atoms with Gasteiger partial charge in [-0.1, -0.05) is 83.1 Å². The zero-order chi connectivity index (χ0) is 55.0. The van der Waals surface area contributed by atoms with Crippen LogP contribution in [-0.2, 0) is 81.4 Å². The average Bonchev–Trinajstić information content (AvgIpc) is 3.15. The van der Waals surface area contributed by atoms with Gasteiger partial charge in [0.15, 0.2) is 29.5 Å². The molecule has 24 heteroatoms. The van der Waals surface area contributed by atoms with Crippen LogP contribution in [0, 0.1) is 49.5 Å². The Hall–Kier alpha value is 1.25. The lowest BCUT2D eigenvalue weighted by atomic mass is 9.99. The van der Waals surface area contributed by atoms with Gasteiger partial charge in [-0.25, -0.2) is 33.7 Å². The standard InChI is InChI=1S/C5H10O2S.C5H10OS.C5H10S.2C4H9NOS.2C4H8O2S.2C4H8OS.2C4H8S/c1-5(2)3-8(6,7)4-5;1-5(2)3-7(6)4-5;1-5(2)3-6-4-5;1-4-2-7(5,6)3-4;1-4-2-3-7(4,5)6;1-4-2-7(5,6)3-4;1-4-2-3-7(4,5)6;1-4-2-6(5)3-4;1-4-2-3-6(4)5;1-4-2-5-3-4;1-4-2-3-5-4/h3-4H2,1-2H3;3-4H2,1-2H3;3-4H2,1-2H3;2*4-5H,2-3H2,1H3;2*4H,2-3H2,1H3;2*4H,2-3H2,1H3;2*4H,2-3H2,1H3. The van der Waals surface area contributed by atoms with Crippen LogP contribution in [-0.4, -0.2) is 171 Å². The summed E-state index contributed by atoms with van der Waals surface area (Å²) in [6, 6.07) is 0. The summed E-state index contributed by atoms with van der Waals surface area (Å²) in [6.07, 6.45) is 4.47. The maximum Gasteiger partial charge on any atom is 0.152 e. The molecule has 2 N–H and O–H groups in total. The fourth-order valence-electron chi connectivity index (χ4n) is 7.03. The molecule has 11 fully saturated rings. The van der Waals surface area contributed by atoms with Gasteiger partial charge in [0.05, 0.1) is 34.0 Å². The van der Waals surface area contributed by atoms with E-state index in [1.165, 1.54) is 41.6 Å². The van der Waals surface area contributed by atoms with Crippen molar-refractivity contribution in [1.29, 1.82) is 9.56 Å².